The van der Waals surface area contributed by atoms with Gasteiger partial charge in [-0.3, -0.25) is 34.2 Å². The Morgan fingerprint density at radius 1 is 0.823 bits per heavy atom. The van der Waals surface area contributed by atoms with Crippen molar-refractivity contribution >= 4 is 52.4 Å². The first-order valence-electron chi connectivity index (χ1n) is 21.5. The molecule has 0 radical (unpaired) electrons. The van der Waals surface area contributed by atoms with Gasteiger partial charge in [-0.1, -0.05) is 0 Å². The predicted octanol–water partition coefficient (Wildman–Crippen LogP) is 5.44. The lowest BCUT2D eigenvalue weighted by molar-refractivity contribution is -0.138. The summed E-state index contributed by atoms with van der Waals surface area (Å²) in [5, 5.41) is 14.3. The largest absolute Gasteiger partial charge is 0.417 e. The molecular weight excluding hydrogens is 804 g/mol. The number of nitriles is 1. The molecule has 5 aliphatic rings. The van der Waals surface area contributed by atoms with Crippen LogP contribution in [0.1, 0.15) is 89.6 Å². The maximum Gasteiger partial charge on any atom is 0.417 e. The maximum atomic E-state index is 13.5. The molecule has 1 atom stereocenters. The molecule has 1 unspecified atom stereocenters. The maximum absolute atomic E-state index is 13.5. The smallest absolute Gasteiger partial charge is 0.371 e. The Balaban J connectivity index is 0.742. The lowest BCUT2D eigenvalue weighted by atomic mass is 9.92. The Hall–Kier alpha value is -6.02. The zero-order chi connectivity index (χ0) is 43.7. The molecule has 2 N–H and O–H groups in total. The van der Waals surface area contributed by atoms with E-state index < -0.39 is 47.0 Å². The van der Waals surface area contributed by atoms with Gasteiger partial charge >= 0.3 is 6.18 Å². The van der Waals surface area contributed by atoms with Gasteiger partial charge in [-0.25, -0.2) is 4.98 Å². The fourth-order valence-corrected chi connectivity index (χ4v) is 9.61. The number of amides is 5. The first-order chi connectivity index (χ1) is 29.8. The van der Waals surface area contributed by atoms with Crippen molar-refractivity contribution in [1.29, 1.82) is 5.26 Å². The molecule has 326 valence electrons. The van der Waals surface area contributed by atoms with E-state index in [1.54, 1.807) is 24.4 Å². The molecule has 8 rings (SSSR count). The highest BCUT2D eigenvalue weighted by atomic mass is 19.4. The van der Waals surface area contributed by atoms with Gasteiger partial charge < -0.3 is 24.9 Å². The molecule has 2 aromatic carbocycles. The van der Waals surface area contributed by atoms with Gasteiger partial charge in [0.25, 0.3) is 11.8 Å². The molecule has 0 saturated carbocycles. The van der Waals surface area contributed by atoms with Crippen LogP contribution in [0.4, 0.5) is 36.1 Å². The molecule has 0 aliphatic carbocycles. The van der Waals surface area contributed by atoms with Crippen molar-refractivity contribution in [2.24, 2.45) is 11.8 Å². The molecule has 4 saturated heterocycles. The van der Waals surface area contributed by atoms with E-state index in [0.717, 1.165) is 87.2 Å². The second kappa shape index (κ2) is 17.8. The summed E-state index contributed by atoms with van der Waals surface area (Å²) in [4.78, 5) is 78.0. The van der Waals surface area contributed by atoms with Crippen molar-refractivity contribution in [2.75, 3.05) is 72.9 Å². The van der Waals surface area contributed by atoms with Crippen molar-refractivity contribution in [1.82, 2.24) is 20.1 Å². The number of pyridine rings is 1. The second-order valence-electron chi connectivity index (χ2n) is 17.1. The van der Waals surface area contributed by atoms with Crippen molar-refractivity contribution < 1.29 is 37.1 Å². The molecule has 5 amide bonds. The van der Waals surface area contributed by atoms with E-state index in [2.05, 4.69) is 37.4 Å². The summed E-state index contributed by atoms with van der Waals surface area (Å²) < 4.78 is 40.4. The van der Waals surface area contributed by atoms with E-state index in [9.17, 15) is 37.1 Å². The van der Waals surface area contributed by atoms with Gasteiger partial charge in [-0.2, -0.15) is 18.4 Å². The molecular formula is C45H50F3N9O5. The Kier molecular flexibility index (Phi) is 12.2. The number of halogens is 3. The van der Waals surface area contributed by atoms with Crippen LogP contribution in [-0.4, -0.2) is 109 Å². The SMILES string of the molecule is CN(CCC1CCN(c2ccc(NC(=O)C3CCN(c4ccc(C#N)c(C(F)(F)F)c4)CC3)nc2)CC1)C1CCN(c2ccc3c(c2)C(=O)N(C2CCC(=O)NC2=O)C3=O)CC1. The van der Waals surface area contributed by atoms with Crippen LogP contribution in [-0.2, 0) is 20.6 Å². The molecule has 14 nitrogen and oxygen atoms in total. The fourth-order valence-electron chi connectivity index (χ4n) is 9.61. The number of hydrogen-bond acceptors (Lipinski definition) is 11. The van der Waals surface area contributed by atoms with Gasteiger partial charge in [0.2, 0.25) is 17.7 Å². The zero-order valence-electron chi connectivity index (χ0n) is 34.6. The monoisotopic (exact) mass is 853 g/mol. The Labute approximate surface area is 358 Å². The Bertz CT molecular complexity index is 2260. The average Bonchev–Trinajstić information content (AvgIpc) is 3.53. The number of alkyl halides is 3. The van der Waals surface area contributed by atoms with Gasteiger partial charge in [0.15, 0.2) is 0 Å². The van der Waals surface area contributed by atoms with Gasteiger partial charge in [-0.15, -0.1) is 0 Å². The third-order valence-electron chi connectivity index (χ3n) is 13.4. The Morgan fingerprint density at radius 2 is 1.44 bits per heavy atom. The first-order valence-corrected chi connectivity index (χ1v) is 21.5. The van der Waals surface area contributed by atoms with Gasteiger partial charge in [0.1, 0.15) is 11.9 Å². The van der Waals surface area contributed by atoms with E-state index in [-0.39, 0.29) is 30.2 Å². The van der Waals surface area contributed by atoms with Gasteiger partial charge in [-0.05, 0) is 119 Å². The predicted molar refractivity (Wildman–Crippen MR) is 224 cm³/mol. The molecule has 17 heteroatoms. The van der Waals surface area contributed by atoms with Gasteiger partial charge in [0, 0.05) is 69.0 Å². The normalized spacial score (nSPS) is 20.7. The van der Waals surface area contributed by atoms with Crippen LogP contribution >= 0.6 is 0 Å². The number of carbonyl (C=O) groups is 5. The highest BCUT2D eigenvalue weighted by molar-refractivity contribution is 6.23. The number of aromatic nitrogens is 1. The van der Waals surface area contributed by atoms with Crippen LogP contribution in [0.15, 0.2) is 54.7 Å². The number of carbonyl (C=O) groups excluding carboxylic acids is 5. The number of hydrogen-bond donors (Lipinski definition) is 2. The third-order valence-corrected chi connectivity index (χ3v) is 13.4. The minimum Gasteiger partial charge on any atom is -0.371 e. The van der Waals surface area contributed by atoms with Crippen molar-refractivity contribution in [3.8, 4) is 6.07 Å². The molecule has 6 heterocycles. The molecule has 0 bridgehead atoms. The van der Waals surface area contributed by atoms with Gasteiger partial charge in [0.05, 0.1) is 40.2 Å². The fraction of sp³-hybridized carbons (Fsp3) is 0.489. The van der Waals surface area contributed by atoms with E-state index in [1.165, 1.54) is 12.1 Å². The third kappa shape index (κ3) is 8.97. The van der Waals surface area contributed by atoms with E-state index in [0.29, 0.717) is 55.0 Å². The standard InChI is InChI=1S/C45H50F3N9O5/c1-53(31-15-22-55(23-16-31)32-4-6-35-36(24-32)44(62)57(43(35)61)38-7-9-40(58)52-42(38)60)17-10-28-11-18-56(19-12-28)34-5-8-39(50-27-34)51-41(59)29-13-20-54(21-14-29)33-3-2-30(26-49)37(25-33)45(46,47)48/h2-6,8,24-25,27-29,31,38H,7,9-23H2,1H3,(H,50,51,59)(H,52,58,60). The minimum atomic E-state index is -4.63. The van der Waals surface area contributed by atoms with Crippen LogP contribution in [0.3, 0.4) is 0 Å². The molecule has 3 aromatic rings. The van der Waals surface area contributed by atoms with Crippen LogP contribution < -0.4 is 25.3 Å². The summed E-state index contributed by atoms with van der Waals surface area (Å²) in [6.07, 6.45) is 3.54. The second-order valence-corrected chi connectivity index (χ2v) is 17.1. The number of nitrogens with one attached hydrogen (secondary N) is 2. The molecule has 62 heavy (non-hydrogen) atoms. The van der Waals surface area contributed by atoms with Crippen LogP contribution in [0.25, 0.3) is 0 Å². The molecule has 5 aliphatic heterocycles. The lowest BCUT2D eigenvalue weighted by Gasteiger charge is -2.39. The molecule has 0 spiro atoms. The van der Waals surface area contributed by atoms with E-state index in [4.69, 9.17) is 5.26 Å². The summed E-state index contributed by atoms with van der Waals surface area (Å²) in [5.74, 6) is -1.39. The summed E-state index contributed by atoms with van der Waals surface area (Å²) in [5.41, 5.74) is 1.49. The summed E-state index contributed by atoms with van der Waals surface area (Å²) in [7, 11) is 2.20. The van der Waals surface area contributed by atoms with E-state index >= 15 is 0 Å². The van der Waals surface area contributed by atoms with Crippen LogP contribution in [0.5, 0.6) is 0 Å². The van der Waals surface area contributed by atoms with E-state index in [1.807, 2.05) is 23.1 Å². The molecule has 4 fully saturated rings. The number of fused-ring (bicyclic) bond motifs is 1. The van der Waals surface area contributed by atoms with Crippen LogP contribution in [0, 0.1) is 23.2 Å². The summed E-state index contributed by atoms with van der Waals surface area (Å²) >= 11 is 0. The summed E-state index contributed by atoms with van der Waals surface area (Å²) in [6.45, 7) is 5.32. The number of anilines is 4. The topological polar surface area (TPSA) is 162 Å². The number of rotatable bonds is 10. The van der Waals surface area contributed by atoms with Crippen molar-refractivity contribution in [3.63, 3.8) is 0 Å². The van der Waals surface area contributed by atoms with Crippen LogP contribution in [0.2, 0.25) is 0 Å². The van der Waals surface area contributed by atoms with Crippen molar-refractivity contribution in [2.45, 2.75) is 76.0 Å². The lowest BCUT2D eigenvalue weighted by Crippen LogP contribution is -2.54. The number of nitrogens with zero attached hydrogens (tertiary/aromatic N) is 7. The highest BCUT2D eigenvalue weighted by Crippen LogP contribution is 2.36. The summed E-state index contributed by atoms with van der Waals surface area (Å²) in [6, 6.07) is 13.9. The number of benzene rings is 2. The number of imide groups is 2. The Morgan fingerprint density at radius 3 is 2.08 bits per heavy atom. The highest BCUT2D eigenvalue weighted by Gasteiger charge is 2.45. The number of piperidine rings is 4. The van der Waals surface area contributed by atoms with Crippen molar-refractivity contribution in [3.05, 3.63) is 77.0 Å². The minimum absolute atomic E-state index is 0.0819. The molecule has 1 aromatic heterocycles. The first kappa shape index (κ1) is 42.7. The zero-order valence-corrected chi connectivity index (χ0v) is 34.6. The average molecular weight is 854 g/mol. The quantitative estimate of drug-likeness (QED) is 0.250.